The number of aromatic hydroxyl groups is 2. The maximum atomic E-state index is 13.2. The second-order valence-electron chi connectivity index (χ2n) is 16.3. The number of nitrogens with two attached hydrogens (primary N) is 1. The van der Waals surface area contributed by atoms with Crippen LogP contribution in [0.1, 0.15) is 64.3 Å². The van der Waals surface area contributed by atoms with Crippen LogP contribution in [0.5, 0.6) is 11.5 Å². The summed E-state index contributed by atoms with van der Waals surface area (Å²) in [4.78, 5) is 80.5. The van der Waals surface area contributed by atoms with Crippen LogP contribution in [0, 0.1) is 27.7 Å². The number of phenols is 2. The second kappa shape index (κ2) is 26.8. The van der Waals surface area contributed by atoms with Gasteiger partial charge in [-0.05, 0) is 96.8 Å². The Labute approximate surface area is 437 Å². The number of rotatable bonds is 18. The quantitative estimate of drug-likeness (QED) is 0.0422. The summed E-state index contributed by atoms with van der Waals surface area (Å²) in [5, 5.41) is 35.7. The van der Waals surface area contributed by atoms with Crippen LogP contribution in [0.3, 0.4) is 0 Å². The fourth-order valence-electron chi connectivity index (χ4n) is 7.70. The van der Waals surface area contributed by atoms with E-state index < -0.39 is 35.8 Å². The third-order valence-electron chi connectivity index (χ3n) is 11.2. The molecule has 0 aliphatic heterocycles. The predicted molar refractivity (Wildman–Crippen MR) is 284 cm³/mol. The number of phenolic OH excluding ortho intramolecular Hbond substituents is 2. The molecule has 9 N–H and O–H groups in total. The largest absolute Gasteiger partial charge is 0.508 e. The van der Waals surface area contributed by atoms with Gasteiger partial charge in [-0.15, -0.1) is 23.7 Å². The molecule has 0 saturated heterocycles. The van der Waals surface area contributed by atoms with E-state index in [1.54, 1.807) is 81.6 Å². The van der Waals surface area contributed by atoms with Crippen molar-refractivity contribution in [2.45, 2.75) is 52.9 Å². The van der Waals surface area contributed by atoms with Crippen LogP contribution in [-0.4, -0.2) is 99.2 Å². The molecule has 0 bridgehead atoms. The lowest BCUT2D eigenvalue weighted by molar-refractivity contribution is -0.143. The number of carbonyl (C=O) groups is 5. The van der Waals surface area contributed by atoms with Crippen LogP contribution < -0.4 is 32.3 Å². The molecule has 7 aromatic rings. The molecule has 3 aromatic heterocycles. The van der Waals surface area contributed by atoms with Crippen molar-refractivity contribution in [3.63, 3.8) is 0 Å². The van der Waals surface area contributed by atoms with Crippen molar-refractivity contribution in [3.8, 4) is 33.8 Å². The van der Waals surface area contributed by atoms with E-state index in [4.69, 9.17) is 10.5 Å². The third kappa shape index (κ3) is 14.8. The molecule has 3 amide bonds. The molecule has 2 atom stereocenters. The van der Waals surface area contributed by atoms with Gasteiger partial charge in [-0.3, -0.25) is 14.4 Å². The van der Waals surface area contributed by atoms with Crippen molar-refractivity contribution in [1.82, 2.24) is 35.9 Å². The summed E-state index contributed by atoms with van der Waals surface area (Å²) in [5.74, 6) is -1.63. The minimum absolute atomic E-state index is 0. The Morgan fingerprint density at radius 1 is 0.581 bits per heavy atom. The van der Waals surface area contributed by atoms with Gasteiger partial charge in [0.25, 0.3) is 17.7 Å². The van der Waals surface area contributed by atoms with E-state index >= 15 is 0 Å². The zero-order chi connectivity index (χ0) is 52.6. The molecule has 0 aliphatic carbocycles. The summed E-state index contributed by atoms with van der Waals surface area (Å²) in [6.45, 7) is 7.37. The smallest absolute Gasteiger partial charge is 0.330 e. The van der Waals surface area contributed by atoms with Crippen LogP contribution >= 0.6 is 23.7 Å². The predicted octanol–water partition coefficient (Wildman–Crippen LogP) is 6.57. The van der Waals surface area contributed by atoms with Gasteiger partial charge in [0.1, 0.15) is 23.6 Å². The minimum atomic E-state index is -1.10. The average Bonchev–Trinajstić information content (AvgIpc) is 3.93. The number of amides is 3. The molecule has 0 unspecified atom stereocenters. The zero-order valence-corrected chi connectivity index (χ0v) is 43.0. The number of thiophene rings is 1. The van der Waals surface area contributed by atoms with Crippen LogP contribution in [0.15, 0.2) is 115 Å². The number of carbonyl (C=O) groups excluding carboxylic acids is 5. The van der Waals surface area contributed by atoms with Crippen molar-refractivity contribution in [2.24, 2.45) is 5.73 Å². The van der Waals surface area contributed by atoms with E-state index in [9.17, 15) is 34.2 Å². The van der Waals surface area contributed by atoms with Crippen LogP contribution in [0.4, 0.5) is 11.9 Å². The van der Waals surface area contributed by atoms with E-state index in [2.05, 4.69) is 51.3 Å². The lowest BCUT2D eigenvalue weighted by Crippen LogP contribution is -2.49. The summed E-state index contributed by atoms with van der Waals surface area (Å²) in [7, 11) is 2.44. The Morgan fingerprint density at radius 2 is 1.01 bits per heavy atom. The van der Waals surface area contributed by atoms with Crippen molar-refractivity contribution >= 4 is 65.3 Å². The summed E-state index contributed by atoms with van der Waals surface area (Å²) in [6, 6.07) is 31.1. The highest BCUT2D eigenvalue weighted by molar-refractivity contribution is 7.12. The molecule has 0 radical (unpaired) electrons. The van der Waals surface area contributed by atoms with Gasteiger partial charge in [-0.2, -0.15) is 0 Å². The van der Waals surface area contributed by atoms with Crippen molar-refractivity contribution < 1.29 is 43.7 Å². The van der Waals surface area contributed by atoms with E-state index in [-0.39, 0.29) is 54.0 Å². The van der Waals surface area contributed by atoms with Crippen molar-refractivity contribution in [3.05, 3.63) is 164 Å². The van der Waals surface area contributed by atoms with Crippen LogP contribution in [0.2, 0.25) is 0 Å². The van der Waals surface area contributed by atoms with Crippen molar-refractivity contribution in [2.75, 3.05) is 37.9 Å². The summed E-state index contributed by atoms with van der Waals surface area (Å²) in [5.41, 5.74) is 13.5. The van der Waals surface area contributed by atoms with Gasteiger partial charge >= 0.3 is 11.9 Å². The normalized spacial score (nSPS) is 11.3. The lowest BCUT2D eigenvalue weighted by Gasteiger charge is -2.18. The number of anilines is 2. The SMILES string of the molecule is COC(=O)[C@H](CN)NC(=O)c1c(C)nc(NCc2ccccc2-c2cccc(O)c2)nc1C.COC(=O)[C@H](CNC(=O)c1cccs1)NC(=O)c1c(C)nc(NCc2ccccc2-c2cccc(O)c2)nc1C.Cl. The monoisotopic (exact) mass is 1040 g/mol. The number of nitrogens with zero attached hydrogens (tertiary/aromatic N) is 4. The first-order chi connectivity index (χ1) is 35.1. The highest BCUT2D eigenvalue weighted by atomic mass is 35.5. The number of hydrogen-bond acceptors (Lipinski definition) is 17. The minimum Gasteiger partial charge on any atom is -0.508 e. The number of benzene rings is 4. The van der Waals surface area contributed by atoms with Gasteiger partial charge in [0, 0.05) is 26.2 Å². The number of methoxy groups -OCH3 is 2. The Bertz CT molecular complexity index is 3060. The second-order valence-corrected chi connectivity index (χ2v) is 17.3. The molecule has 4 aromatic carbocycles. The number of hydrogen-bond donors (Lipinski definition) is 8. The third-order valence-corrected chi connectivity index (χ3v) is 12.1. The lowest BCUT2D eigenvalue weighted by atomic mass is 9.99. The zero-order valence-electron chi connectivity index (χ0n) is 41.4. The van der Waals surface area contributed by atoms with E-state index in [1.807, 2.05) is 60.7 Å². The molecule has 386 valence electrons. The van der Waals surface area contributed by atoms with E-state index in [0.29, 0.717) is 52.6 Å². The molecular formula is C53H57ClN10O9S. The molecule has 0 aliphatic rings. The number of esters is 2. The summed E-state index contributed by atoms with van der Waals surface area (Å²) in [6.07, 6.45) is 0. The Balaban J connectivity index is 0.000000275. The molecular weight excluding hydrogens is 988 g/mol. The molecule has 74 heavy (non-hydrogen) atoms. The molecule has 3 heterocycles. The number of ether oxygens (including phenoxy) is 2. The maximum Gasteiger partial charge on any atom is 0.330 e. The Hall–Kier alpha value is -8.46. The number of halogens is 1. The number of aryl methyl sites for hydroxylation is 4. The van der Waals surface area contributed by atoms with E-state index in [0.717, 1.165) is 33.4 Å². The summed E-state index contributed by atoms with van der Waals surface area (Å²) >= 11 is 1.27. The molecule has 21 heteroatoms. The van der Waals surface area contributed by atoms with Gasteiger partial charge in [-0.1, -0.05) is 78.9 Å². The van der Waals surface area contributed by atoms with Crippen LogP contribution in [0.25, 0.3) is 22.3 Å². The van der Waals surface area contributed by atoms with Gasteiger partial charge < -0.3 is 52.0 Å². The van der Waals surface area contributed by atoms with Crippen molar-refractivity contribution in [1.29, 1.82) is 0 Å². The first kappa shape index (κ1) is 56.5. The highest BCUT2D eigenvalue weighted by Crippen LogP contribution is 2.29. The number of aromatic nitrogens is 4. The Kier molecular flexibility index (Phi) is 20.5. The fourth-order valence-corrected chi connectivity index (χ4v) is 8.34. The average molecular weight is 1050 g/mol. The Morgan fingerprint density at radius 3 is 1.42 bits per heavy atom. The number of nitrogens with one attached hydrogen (secondary N) is 5. The van der Waals surface area contributed by atoms with E-state index in [1.165, 1.54) is 25.6 Å². The molecule has 0 saturated carbocycles. The highest BCUT2D eigenvalue weighted by Gasteiger charge is 2.27. The maximum absolute atomic E-state index is 13.2. The fraction of sp³-hybridized carbons (Fsp3) is 0.226. The van der Waals surface area contributed by atoms with Gasteiger partial charge in [-0.25, -0.2) is 29.5 Å². The standard InChI is InChI=1S/C29H29N5O5S.C24H27N5O4.ClH/c1-17-25(27(37)34-23(28(38)39-3)16-30-26(36)24-12-7-13-40-24)18(2)33-29(32-17)31-15-20-8-4-5-11-22(20)19-9-6-10-21(35)14-19;1-14-21(22(31)29-20(12-25)23(32)33-3)15(2)28-24(27-14)26-13-17-7-4-5-10-19(17)16-8-6-9-18(30)11-16;/h4-14,23,35H,15-16H2,1-3H3,(H,30,36)(H,34,37)(H,31,32,33);4-11,20,30H,12-13,25H2,1-3H3,(H,29,31)(H,26,27,28);1H/t23-;20-;/m00./s1. The molecule has 0 spiro atoms. The first-order valence-corrected chi connectivity index (χ1v) is 23.7. The molecule has 0 fully saturated rings. The molecule has 19 nitrogen and oxygen atoms in total. The topological polar surface area (TPSA) is 282 Å². The van der Waals surface area contributed by atoms with Gasteiger partial charge in [0.2, 0.25) is 11.9 Å². The van der Waals surface area contributed by atoms with Gasteiger partial charge in [0.05, 0.1) is 53.0 Å². The molecule has 7 rings (SSSR count). The summed E-state index contributed by atoms with van der Waals surface area (Å²) < 4.78 is 9.47. The van der Waals surface area contributed by atoms with Crippen LogP contribution in [-0.2, 0) is 32.2 Å². The van der Waals surface area contributed by atoms with Gasteiger partial charge in [0.15, 0.2) is 0 Å². The first-order valence-electron chi connectivity index (χ1n) is 22.8.